The van der Waals surface area contributed by atoms with Crippen molar-refractivity contribution in [2.75, 3.05) is 7.05 Å². The molecule has 0 aliphatic carbocycles. The topological polar surface area (TPSA) is 144 Å². The summed E-state index contributed by atoms with van der Waals surface area (Å²) in [6.07, 6.45) is 7.62. The highest BCUT2D eigenvalue weighted by atomic mass is 32.1. The molecule has 0 saturated carbocycles. The number of aryl methyl sites for hydroxylation is 1. The van der Waals surface area contributed by atoms with Gasteiger partial charge in [0.15, 0.2) is 5.78 Å². The third-order valence-corrected chi connectivity index (χ3v) is 10.8. The van der Waals surface area contributed by atoms with Crippen LogP contribution in [-0.2, 0) is 42.1 Å². The van der Waals surface area contributed by atoms with E-state index in [-0.39, 0.29) is 36.8 Å². The molecule has 53 heavy (non-hydrogen) atoms. The third kappa shape index (κ3) is 13.2. The number of carbonyl (C=O) groups excluding carboxylic acids is 3. The van der Waals surface area contributed by atoms with E-state index in [4.69, 9.17) is 4.74 Å². The van der Waals surface area contributed by atoms with E-state index < -0.39 is 12.1 Å². The number of hydrogen-bond acceptors (Lipinski definition) is 10. The van der Waals surface area contributed by atoms with E-state index in [1.165, 1.54) is 11.3 Å². The Morgan fingerprint density at radius 1 is 0.887 bits per heavy atom. The van der Waals surface area contributed by atoms with Gasteiger partial charge in [-0.15, -0.1) is 32.9 Å². The lowest BCUT2D eigenvalue weighted by Gasteiger charge is -2.26. The highest BCUT2D eigenvalue weighted by Crippen LogP contribution is 2.23. The summed E-state index contributed by atoms with van der Waals surface area (Å²) >= 11 is 3.02. The summed E-state index contributed by atoms with van der Waals surface area (Å²) in [6.45, 7) is 5.14. The minimum Gasteiger partial charge on any atom is -0.444 e. The van der Waals surface area contributed by atoms with Gasteiger partial charge in [0.25, 0.3) is 0 Å². The lowest BCUT2D eigenvalue weighted by molar-refractivity contribution is -0.122. The van der Waals surface area contributed by atoms with E-state index in [0.717, 1.165) is 26.7 Å². The number of alkyl carbamates (subject to hydrolysis) is 1. The molecule has 2 N–H and O–H groups in total. The summed E-state index contributed by atoms with van der Waals surface area (Å²) < 4.78 is 7.32. The monoisotopic (exact) mass is 756 g/mol. The highest BCUT2D eigenvalue weighted by Gasteiger charge is 2.27. The van der Waals surface area contributed by atoms with Crippen LogP contribution in [0.1, 0.15) is 72.2 Å². The van der Waals surface area contributed by atoms with E-state index in [0.29, 0.717) is 51.1 Å². The first-order chi connectivity index (χ1) is 25.7. The standard InChI is InChI=1S/C39H48N8O4S2/c1-28(2)37-43-33(24-52-37)22-46(3)38(49)45-35(16-17-47-25-41-42-26-47)36(48)20-31(18-29-10-6-4-7-11-29)14-15-32(19-30-12-8-5-9-13-30)44-39(50)51-23-34-21-40-27-53-34/h4-13,21,24-28,31-32,35H,14-20,22-23H2,1-3H3,(H,44,50)(H,45,49). The molecule has 0 bridgehead atoms. The normalized spacial score (nSPS) is 12.9. The lowest BCUT2D eigenvalue weighted by Crippen LogP contribution is -2.47. The molecule has 3 aromatic heterocycles. The summed E-state index contributed by atoms with van der Waals surface area (Å²) in [5, 5.41) is 16.9. The molecule has 3 amide bonds. The van der Waals surface area contributed by atoms with Crippen LogP contribution in [0.15, 0.2) is 90.4 Å². The Balaban J connectivity index is 1.28. The Morgan fingerprint density at radius 3 is 2.23 bits per heavy atom. The number of ether oxygens (including phenoxy) is 1. The van der Waals surface area contributed by atoms with Crippen molar-refractivity contribution in [3.05, 3.63) is 117 Å². The zero-order valence-corrected chi connectivity index (χ0v) is 32.1. The number of carbonyl (C=O) groups is 3. The number of thiazole rings is 2. The number of rotatable bonds is 20. The molecule has 0 aliphatic rings. The van der Waals surface area contributed by atoms with E-state index in [9.17, 15) is 14.4 Å². The Kier molecular flexibility index (Phi) is 15.1. The average Bonchev–Trinajstić information content (AvgIpc) is 3.96. The Morgan fingerprint density at radius 2 is 1.58 bits per heavy atom. The second-order valence-corrected chi connectivity index (χ2v) is 15.4. The number of amides is 3. The minimum atomic E-state index is -0.729. The van der Waals surface area contributed by atoms with Crippen LogP contribution in [0.5, 0.6) is 0 Å². The van der Waals surface area contributed by atoms with Crippen LogP contribution in [0.3, 0.4) is 0 Å². The summed E-state index contributed by atoms with van der Waals surface area (Å²) in [6, 6.07) is 18.8. The molecule has 0 aliphatic heterocycles. The minimum absolute atomic E-state index is 0.0466. The van der Waals surface area contributed by atoms with Gasteiger partial charge in [-0.05, 0) is 49.1 Å². The molecular formula is C39H48N8O4S2. The predicted octanol–water partition coefficient (Wildman–Crippen LogP) is 7.05. The van der Waals surface area contributed by atoms with Gasteiger partial charge in [0.1, 0.15) is 19.3 Å². The van der Waals surface area contributed by atoms with E-state index in [2.05, 4.69) is 56.8 Å². The molecular weight excluding hydrogens is 709 g/mol. The first-order valence-corrected chi connectivity index (χ1v) is 19.7. The van der Waals surface area contributed by atoms with Gasteiger partial charge in [-0.1, -0.05) is 74.5 Å². The molecule has 0 fully saturated rings. The van der Waals surface area contributed by atoms with Crippen molar-refractivity contribution in [1.29, 1.82) is 0 Å². The fourth-order valence-corrected chi connectivity index (χ4v) is 7.37. The molecule has 3 unspecified atom stereocenters. The maximum atomic E-state index is 14.2. The van der Waals surface area contributed by atoms with Crippen molar-refractivity contribution in [2.24, 2.45) is 5.92 Å². The van der Waals surface area contributed by atoms with E-state index in [1.807, 2.05) is 53.9 Å². The van der Waals surface area contributed by atoms with Crippen LogP contribution >= 0.6 is 22.7 Å². The van der Waals surface area contributed by atoms with Gasteiger partial charge < -0.3 is 24.8 Å². The van der Waals surface area contributed by atoms with Crippen molar-refractivity contribution < 1.29 is 19.1 Å². The second-order valence-electron chi connectivity index (χ2n) is 13.6. The predicted molar refractivity (Wildman–Crippen MR) is 206 cm³/mol. The van der Waals surface area contributed by atoms with Crippen molar-refractivity contribution in [3.8, 4) is 0 Å². The molecule has 14 heteroatoms. The number of hydrogen-bond donors (Lipinski definition) is 2. The number of benzene rings is 2. The molecule has 12 nitrogen and oxygen atoms in total. The zero-order chi connectivity index (χ0) is 37.4. The highest BCUT2D eigenvalue weighted by molar-refractivity contribution is 7.09. The SMILES string of the molecule is CC(C)c1nc(CN(C)C(=O)NC(CCn2cnnc2)C(=O)CC(CCC(Cc2ccccc2)NC(=O)OCc2cncs2)Cc2ccccc2)cs1. The average molecular weight is 757 g/mol. The van der Waals surface area contributed by atoms with E-state index >= 15 is 0 Å². The number of ketones is 1. The summed E-state index contributed by atoms with van der Waals surface area (Å²) in [5.41, 5.74) is 4.74. The van der Waals surface area contributed by atoms with Crippen LogP contribution in [0, 0.1) is 5.92 Å². The fraction of sp³-hybridized carbons (Fsp3) is 0.410. The first-order valence-electron chi connectivity index (χ1n) is 17.9. The molecule has 2 aromatic carbocycles. The summed E-state index contributed by atoms with van der Waals surface area (Å²) in [7, 11) is 1.71. The van der Waals surface area contributed by atoms with Crippen molar-refractivity contribution >= 4 is 40.6 Å². The maximum absolute atomic E-state index is 14.2. The maximum Gasteiger partial charge on any atom is 0.407 e. The van der Waals surface area contributed by atoms with E-state index in [1.54, 1.807) is 52.2 Å². The quantitative estimate of drug-likeness (QED) is 0.0860. The van der Waals surface area contributed by atoms with Gasteiger partial charge in [0, 0.05) is 43.5 Å². The molecule has 0 radical (unpaired) electrons. The number of urea groups is 1. The van der Waals surface area contributed by atoms with Gasteiger partial charge in [0.05, 0.1) is 33.7 Å². The molecule has 3 heterocycles. The molecule has 0 saturated heterocycles. The molecule has 280 valence electrons. The number of nitrogens with one attached hydrogen (secondary N) is 2. The Bertz CT molecular complexity index is 1820. The van der Waals surface area contributed by atoms with Gasteiger partial charge >= 0.3 is 12.1 Å². The van der Waals surface area contributed by atoms with Crippen LogP contribution in [-0.4, -0.2) is 66.7 Å². The van der Waals surface area contributed by atoms with Crippen LogP contribution in [0.25, 0.3) is 0 Å². The molecule has 5 aromatic rings. The third-order valence-electron chi connectivity index (χ3n) is 8.89. The number of aromatic nitrogens is 5. The van der Waals surface area contributed by atoms with Crippen LogP contribution in [0.4, 0.5) is 9.59 Å². The van der Waals surface area contributed by atoms with Crippen molar-refractivity contribution in [3.63, 3.8) is 0 Å². The molecule has 3 atom stereocenters. The van der Waals surface area contributed by atoms with Crippen molar-refractivity contribution in [1.82, 2.24) is 40.3 Å². The van der Waals surface area contributed by atoms with Gasteiger partial charge in [-0.25, -0.2) is 14.6 Å². The fourth-order valence-electron chi connectivity index (χ4n) is 6.03. The molecule has 0 spiro atoms. The smallest absolute Gasteiger partial charge is 0.407 e. The van der Waals surface area contributed by atoms with Gasteiger partial charge in [-0.3, -0.25) is 9.78 Å². The van der Waals surface area contributed by atoms with Crippen LogP contribution in [0.2, 0.25) is 0 Å². The second kappa shape index (κ2) is 20.3. The van der Waals surface area contributed by atoms with Crippen LogP contribution < -0.4 is 10.6 Å². The first kappa shape index (κ1) is 39.3. The summed E-state index contributed by atoms with van der Waals surface area (Å²) in [5.74, 6) is 0.214. The summed E-state index contributed by atoms with van der Waals surface area (Å²) in [4.78, 5) is 51.8. The Hall–Kier alpha value is -4.95. The lowest BCUT2D eigenvalue weighted by atomic mass is 9.86. The number of nitrogens with zero attached hydrogens (tertiary/aromatic N) is 6. The largest absolute Gasteiger partial charge is 0.444 e. The Labute approximate surface area is 319 Å². The van der Waals surface area contributed by atoms with Gasteiger partial charge in [-0.2, -0.15) is 0 Å². The van der Waals surface area contributed by atoms with Crippen molar-refractivity contribution in [2.45, 2.75) is 90.1 Å². The molecule has 5 rings (SSSR count). The number of Topliss-reactive ketones (excluding diaryl/α,β-unsaturated/α-hetero) is 1. The van der Waals surface area contributed by atoms with Gasteiger partial charge in [0.2, 0.25) is 0 Å². The zero-order valence-electron chi connectivity index (χ0n) is 30.5.